The van der Waals surface area contributed by atoms with Crippen molar-refractivity contribution in [3.8, 4) is 17.1 Å². The number of nitrogens with zero attached hydrogens (tertiary/aromatic N) is 2. The van der Waals surface area contributed by atoms with Gasteiger partial charge in [-0.05, 0) is 36.4 Å². The molecule has 0 radical (unpaired) electrons. The molecule has 1 fully saturated rings. The summed E-state index contributed by atoms with van der Waals surface area (Å²) in [5.74, 6) is 0.677. The van der Waals surface area contributed by atoms with Gasteiger partial charge >= 0.3 is 5.82 Å². The lowest BCUT2D eigenvalue weighted by atomic mass is 10.1. The third-order valence-corrected chi connectivity index (χ3v) is 5.20. The van der Waals surface area contributed by atoms with E-state index in [4.69, 9.17) is 13.6 Å². The number of hydrogen-bond donors (Lipinski definition) is 0. The zero-order valence-electron chi connectivity index (χ0n) is 17.1. The topological polar surface area (TPSA) is 59.1 Å². The zero-order chi connectivity index (χ0) is 20.2. The van der Waals surface area contributed by atoms with Crippen molar-refractivity contribution in [2.75, 3.05) is 44.7 Å². The molecule has 0 aliphatic carbocycles. The summed E-state index contributed by atoms with van der Waals surface area (Å²) in [6.45, 7) is 4.31. The monoisotopic (exact) mass is 470 g/mol. The second-order valence-electron chi connectivity index (χ2n) is 6.96. The quantitative estimate of drug-likeness (QED) is 0.536. The molecule has 1 aliphatic rings. The Morgan fingerprint density at radius 3 is 2.32 bits per heavy atom. The van der Waals surface area contributed by atoms with Crippen LogP contribution >= 0.6 is 24.8 Å². The van der Waals surface area contributed by atoms with E-state index in [0.717, 1.165) is 44.2 Å². The number of halogens is 3. The van der Waals surface area contributed by atoms with Crippen molar-refractivity contribution in [2.45, 2.75) is 6.42 Å². The van der Waals surface area contributed by atoms with E-state index in [1.54, 1.807) is 19.2 Å². The van der Waals surface area contributed by atoms with Crippen LogP contribution in [-0.2, 0) is 6.42 Å². The molecule has 6 nitrogen and oxygen atoms in total. The van der Waals surface area contributed by atoms with Gasteiger partial charge in [0.15, 0.2) is 11.5 Å². The number of benzene rings is 2. The van der Waals surface area contributed by atoms with E-state index < -0.39 is 5.82 Å². The van der Waals surface area contributed by atoms with Gasteiger partial charge in [-0.2, -0.15) is 0 Å². The Kier molecular flexibility index (Phi) is 8.98. The molecule has 0 atom stereocenters. The molecule has 168 valence electrons. The second-order valence-corrected chi connectivity index (χ2v) is 6.96. The van der Waals surface area contributed by atoms with Crippen molar-refractivity contribution in [1.82, 2.24) is 4.90 Å². The SMILES string of the molecule is COc1ccccc1N1CCN(CCc2oc(=O)oc2-c2ccc(F)cc2)CC1.Cl.Cl. The van der Waals surface area contributed by atoms with Crippen LogP contribution in [0.3, 0.4) is 0 Å². The van der Waals surface area contributed by atoms with Crippen LogP contribution < -0.4 is 15.5 Å². The number of hydrogen-bond acceptors (Lipinski definition) is 6. The van der Waals surface area contributed by atoms with Crippen LogP contribution in [0.15, 0.2) is 62.2 Å². The molecule has 0 saturated carbocycles. The zero-order valence-corrected chi connectivity index (χ0v) is 18.7. The first-order valence-electron chi connectivity index (χ1n) is 9.63. The van der Waals surface area contributed by atoms with Crippen molar-refractivity contribution in [3.05, 3.63) is 70.7 Å². The summed E-state index contributed by atoms with van der Waals surface area (Å²) in [4.78, 5) is 16.3. The Morgan fingerprint density at radius 1 is 0.968 bits per heavy atom. The van der Waals surface area contributed by atoms with Gasteiger partial charge in [0, 0.05) is 44.7 Å². The van der Waals surface area contributed by atoms with E-state index in [9.17, 15) is 9.18 Å². The molecular weight excluding hydrogens is 446 g/mol. The molecule has 9 heteroatoms. The molecule has 0 unspecified atom stereocenters. The summed E-state index contributed by atoms with van der Waals surface area (Å²) in [7, 11) is 1.69. The molecule has 0 N–H and O–H groups in total. The molecule has 1 saturated heterocycles. The standard InChI is InChI=1S/C22H23FN2O4.2ClH/c1-27-19-5-3-2-4-18(19)25-14-12-24(13-15-25)11-10-20-21(29-22(26)28-20)16-6-8-17(23)9-7-16;;/h2-9H,10-15H2,1H3;2*1H. The number of anilines is 1. The predicted molar refractivity (Wildman–Crippen MR) is 122 cm³/mol. The maximum Gasteiger partial charge on any atom is 0.519 e. The molecule has 2 heterocycles. The Morgan fingerprint density at radius 2 is 1.65 bits per heavy atom. The van der Waals surface area contributed by atoms with Crippen LogP contribution in [0.4, 0.5) is 10.1 Å². The van der Waals surface area contributed by atoms with Crippen LogP contribution in [0.2, 0.25) is 0 Å². The van der Waals surface area contributed by atoms with Gasteiger partial charge in [-0.3, -0.25) is 4.90 Å². The lowest BCUT2D eigenvalue weighted by Crippen LogP contribution is -2.47. The minimum absolute atomic E-state index is 0. The molecule has 4 rings (SSSR count). The molecule has 1 aromatic heterocycles. The van der Waals surface area contributed by atoms with E-state index in [-0.39, 0.29) is 30.6 Å². The number of methoxy groups -OCH3 is 1. The highest BCUT2D eigenvalue weighted by molar-refractivity contribution is 5.85. The van der Waals surface area contributed by atoms with E-state index in [0.29, 0.717) is 23.5 Å². The van der Waals surface area contributed by atoms with Crippen molar-refractivity contribution >= 4 is 30.5 Å². The summed E-state index contributed by atoms with van der Waals surface area (Å²) >= 11 is 0. The highest BCUT2D eigenvalue weighted by Gasteiger charge is 2.21. The largest absolute Gasteiger partial charge is 0.519 e. The number of ether oxygens (including phenoxy) is 1. The fourth-order valence-electron chi connectivity index (χ4n) is 3.66. The van der Waals surface area contributed by atoms with Gasteiger partial charge in [0.1, 0.15) is 11.6 Å². The Labute approximate surface area is 192 Å². The van der Waals surface area contributed by atoms with Crippen molar-refractivity contribution in [3.63, 3.8) is 0 Å². The summed E-state index contributed by atoms with van der Waals surface area (Å²) < 4.78 is 29.1. The summed E-state index contributed by atoms with van der Waals surface area (Å²) in [6.07, 6.45) is 0.549. The fraction of sp³-hybridized carbons (Fsp3) is 0.318. The molecule has 1 aliphatic heterocycles. The van der Waals surface area contributed by atoms with Crippen LogP contribution in [0, 0.1) is 5.82 Å². The van der Waals surface area contributed by atoms with Crippen LogP contribution in [0.5, 0.6) is 5.75 Å². The Bertz CT molecular complexity index is 1010. The van der Waals surface area contributed by atoms with E-state index in [2.05, 4.69) is 15.9 Å². The van der Waals surface area contributed by atoms with Crippen LogP contribution in [-0.4, -0.2) is 44.7 Å². The molecule has 0 amide bonds. The molecule has 2 aromatic carbocycles. The van der Waals surface area contributed by atoms with Gasteiger partial charge in [0.05, 0.1) is 12.8 Å². The third kappa shape index (κ3) is 5.81. The van der Waals surface area contributed by atoms with E-state index in [1.807, 2.05) is 18.2 Å². The number of rotatable bonds is 6. The molecular formula is C22H25Cl2FN2O4. The lowest BCUT2D eigenvalue weighted by molar-refractivity contribution is 0.253. The van der Waals surface area contributed by atoms with Crippen molar-refractivity contribution in [2.24, 2.45) is 0 Å². The van der Waals surface area contributed by atoms with Gasteiger partial charge in [-0.25, -0.2) is 9.18 Å². The summed E-state index contributed by atoms with van der Waals surface area (Å²) in [5, 5.41) is 0. The van der Waals surface area contributed by atoms with Crippen LogP contribution in [0.1, 0.15) is 5.76 Å². The fourth-order valence-corrected chi connectivity index (χ4v) is 3.66. The molecule has 0 bridgehead atoms. The number of para-hydroxylation sites is 2. The highest BCUT2D eigenvalue weighted by Crippen LogP contribution is 2.28. The normalized spacial score (nSPS) is 13.9. The first-order chi connectivity index (χ1) is 14.1. The molecule has 0 spiro atoms. The Hall–Kier alpha value is -2.48. The van der Waals surface area contributed by atoms with E-state index >= 15 is 0 Å². The second kappa shape index (κ2) is 11.2. The predicted octanol–water partition coefficient (Wildman–Crippen LogP) is 4.26. The average Bonchev–Trinajstić information content (AvgIpc) is 3.13. The maximum atomic E-state index is 13.2. The summed E-state index contributed by atoms with van der Waals surface area (Å²) in [6, 6.07) is 13.9. The minimum atomic E-state index is -0.736. The lowest BCUT2D eigenvalue weighted by Gasteiger charge is -2.36. The average molecular weight is 471 g/mol. The summed E-state index contributed by atoms with van der Waals surface area (Å²) in [5.41, 5.74) is 1.74. The first kappa shape index (κ1) is 24.8. The number of piperazine rings is 1. The van der Waals surface area contributed by atoms with Gasteiger partial charge in [0.25, 0.3) is 0 Å². The smallest absolute Gasteiger partial charge is 0.495 e. The van der Waals surface area contributed by atoms with E-state index in [1.165, 1.54) is 12.1 Å². The van der Waals surface area contributed by atoms with Gasteiger partial charge in [-0.15, -0.1) is 24.8 Å². The Balaban J connectivity index is 0.00000171. The molecule has 3 aromatic rings. The molecule has 31 heavy (non-hydrogen) atoms. The van der Waals surface area contributed by atoms with Crippen LogP contribution in [0.25, 0.3) is 11.3 Å². The van der Waals surface area contributed by atoms with Gasteiger partial charge in [0.2, 0.25) is 0 Å². The minimum Gasteiger partial charge on any atom is -0.495 e. The highest BCUT2D eigenvalue weighted by atomic mass is 35.5. The first-order valence-corrected chi connectivity index (χ1v) is 9.63. The van der Waals surface area contributed by atoms with Gasteiger partial charge in [-0.1, -0.05) is 12.1 Å². The maximum absolute atomic E-state index is 13.2. The van der Waals surface area contributed by atoms with Crippen molar-refractivity contribution < 1.29 is 18.0 Å². The van der Waals surface area contributed by atoms with Crippen molar-refractivity contribution in [1.29, 1.82) is 0 Å². The van der Waals surface area contributed by atoms with Gasteiger partial charge < -0.3 is 18.5 Å². The third-order valence-electron chi connectivity index (χ3n) is 5.20.